The second-order valence-electron chi connectivity index (χ2n) is 14.2. The predicted molar refractivity (Wildman–Crippen MR) is 214 cm³/mol. The normalized spacial score (nSPS) is 15.9. The molecule has 288 valence electrons. The molecule has 0 amide bonds. The maximum Gasteiger partial charge on any atom is 0.349 e. The topological polar surface area (TPSA) is 166 Å². The van der Waals surface area contributed by atoms with Gasteiger partial charge in [-0.2, -0.15) is 0 Å². The number of ether oxygens (including phenoxy) is 1. The molecule has 0 saturated carbocycles. The van der Waals surface area contributed by atoms with E-state index in [1.54, 1.807) is 36.4 Å². The lowest BCUT2D eigenvalue weighted by Crippen LogP contribution is -2.43. The zero-order chi connectivity index (χ0) is 38.3. The van der Waals surface area contributed by atoms with Crippen LogP contribution in [0.25, 0.3) is 21.9 Å². The molecular formula is C39H40Cl2N6O6S2. The van der Waals surface area contributed by atoms with Gasteiger partial charge in [-0.3, -0.25) is 4.79 Å². The molecule has 6 aromatic rings. The highest BCUT2D eigenvalue weighted by Crippen LogP contribution is 2.42. The standard InChI is InChI=1S/C39H40Cl2N6O6S2/c40-33-10-8-31(54-33)39(52,32-9-11-34(41)55-32)38(51)53-23-13-17-46(18-14-23)15-2-16-47-37-27-4-1-3-24(27)22(19-28(37)44-45-47)20-42-21-30(49)25-5-7-29(48)36-26(25)6-12-35(50)43-36/h5-12,19,23,30,42,48-49,52H,1-4,13-18,20-21H2,(H,43,50)/t30-/m0/s1. The number of aromatic amines is 1. The van der Waals surface area contributed by atoms with Crippen LogP contribution in [0.2, 0.25) is 8.67 Å². The Hall–Kier alpha value is -3.86. The molecule has 5 N–H and O–H groups in total. The van der Waals surface area contributed by atoms with Crippen molar-refractivity contribution in [2.24, 2.45) is 0 Å². The number of carbonyl (C=O) groups excluding carboxylic acids is 1. The predicted octanol–water partition coefficient (Wildman–Crippen LogP) is 6.05. The molecule has 12 nitrogen and oxygen atoms in total. The average Bonchev–Trinajstić information content (AvgIpc) is 4.00. The third-order valence-corrected chi connectivity index (χ3v) is 13.4. The SMILES string of the molecule is O=C(OC1CCN(CCCn2nnc3cc(CNC[C@H](O)c4ccc(O)c5[nH]c(=O)ccc45)c4c(c32)CCC4)CC1)C(O)(c1ccc(Cl)s1)c1ccc(Cl)s1. The van der Waals surface area contributed by atoms with E-state index in [4.69, 9.17) is 27.9 Å². The van der Waals surface area contributed by atoms with Crippen LogP contribution >= 0.6 is 45.9 Å². The van der Waals surface area contributed by atoms with Crippen molar-refractivity contribution in [3.05, 3.63) is 106 Å². The number of nitrogens with one attached hydrogen (secondary N) is 2. The molecule has 2 aliphatic rings. The quantitative estimate of drug-likeness (QED) is 0.0866. The first-order valence-corrected chi connectivity index (χ1v) is 20.8. The van der Waals surface area contributed by atoms with Gasteiger partial charge in [0.25, 0.3) is 0 Å². The van der Waals surface area contributed by atoms with Gasteiger partial charge < -0.3 is 35.3 Å². The fraction of sp³-hybridized carbons (Fsp3) is 0.385. The third kappa shape index (κ3) is 7.66. The van der Waals surface area contributed by atoms with E-state index in [1.807, 2.05) is 4.68 Å². The van der Waals surface area contributed by atoms with Crippen LogP contribution in [-0.2, 0) is 41.1 Å². The van der Waals surface area contributed by atoms with E-state index in [-0.39, 0.29) is 24.0 Å². The number of phenolic OH excluding ortho intramolecular Hbond substituents is 1. The number of pyridine rings is 1. The van der Waals surface area contributed by atoms with Crippen molar-refractivity contribution in [1.82, 2.24) is 30.2 Å². The highest BCUT2D eigenvalue weighted by molar-refractivity contribution is 7.18. The van der Waals surface area contributed by atoms with Gasteiger partial charge in [-0.05, 0) is 110 Å². The first-order chi connectivity index (χ1) is 26.6. The summed E-state index contributed by atoms with van der Waals surface area (Å²) in [4.78, 5) is 31.2. The molecule has 8 rings (SSSR count). The van der Waals surface area contributed by atoms with E-state index >= 15 is 0 Å². The maximum absolute atomic E-state index is 13.5. The number of aromatic hydroxyl groups is 1. The average molecular weight is 824 g/mol. The number of benzene rings is 2. The molecule has 1 saturated heterocycles. The van der Waals surface area contributed by atoms with Crippen molar-refractivity contribution >= 4 is 73.8 Å². The molecule has 5 heterocycles. The number of aromatic nitrogens is 4. The number of halogens is 2. The molecule has 0 radical (unpaired) electrons. The Bertz CT molecular complexity index is 2380. The van der Waals surface area contributed by atoms with Crippen LogP contribution in [0.1, 0.15) is 63.8 Å². The Morgan fingerprint density at radius 3 is 2.45 bits per heavy atom. The number of esters is 1. The fourth-order valence-electron chi connectivity index (χ4n) is 7.93. The van der Waals surface area contributed by atoms with E-state index in [9.17, 15) is 24.9 Å². The van der Waals surface area contributed by atoms with Crippen molar-refractivity contribution in [1.29, 1.82) is 0 Å². The number of H-pyrrole nitrogens is 1. The smallest absolute Gasteiger partial charge is 0.349 e. The largest absolute Gasteiger partial charge is 0.506 e. The molecule has 0 unspecified atom stereocenters. The summed E-state index contributed by atoms with van der Waals surface area (Å²) in [5.74, 6) is -0.754. The van der Waals surface area contributed by atoms with E-state index < -0.39 is 17.7 Å². The van der Waals surface area contributed by atoms with Gasteiger partial charge in [0.1, 0.15) is 17.4 Å². The Kier molecular flexibility index (Phi) is 11.0. The first kappa shape index (κ1) is 38.0. The Morgan fingerprint density at radius 2 is 1.75 bits per heavy atom. The first-order valence-electron chi connectivity index (χ1n) is 18.4. The maximum atomic E-state index is 13.5. The number of phenols is 1. The summed E-state index contributed by atoms with van der Waals surface area (Å²) < 4.78 is 8.89. The number of aliphatic hydroxyl groups is 2. The number of thiophene rings is 2. The minimum Gasteiger partial charge on any atom is -0.506 e. The molecule has 4 aromatic heterocycles. The summed E-state index contributed by atoms with van der Waals surface area (Å²) >= 11 is 14.6. The number of rotatable bonds is 13. The van der Waals surface area contributed by atoms with Crippen molar-refractivity contribution in [3.63, 3.8) is 0 Å². The van der Waals surface area contributed by atoms with Gasteiger partial charge in [0.2, 0.25) is 11.2 Å². The van der Waals surface area contributed by atoms with Gasteiger partial charge in [0.15, 0.2) is 0 Å². The van der Waals surface area contributed by atoms with Crippen molar-refractivity contribution < 1.29 is 24.9 Å². The van der Waals surface area contributed by atoms with E-state index in [2.05, 4.69) is 31.6 Å². The Labute approximate surface area is 334 Å². The number of likely N-dealkylation sites (tertiary alicyclic amines) is 1. The summed E-state index contributed by atoms with van der Waals surface area (Å²) in [5.41, 5.74) is 4.37. The van der Waals surface area contributed by atoms with Gasteiger partial charge in [0.05, 0.1) is 35.6 Å². The van der Waals surface area contributed by atoms with Crippen LogP contribution < -0.4 is 10.9 Å². The summed E-state index contributed by atoms with van der Waals surface area (Å²) in [6.07, 6.45) is 4.06. The minimum absolute atomic E-state index is 0.0391. The molecule has 1 aliphatic heterocycles. The van der Waals surface area contributed by atoms with Gasteiger partial charge in [0, 0.05) is 44.2 Å². The molecule has 2 aromatic carbocycles. The summed E-state index contributed by atoms with van der Waals surface area (Å²) in [5, 5.41) is 46.1. The van der Waals surface area contributed by atoms with Crippen LogP contribution in [0.3, 0.4) is 0 Å². The van der Waals surface area contributed by atoms with Crippen LogP contribution in [0.5, 0.6) is 5.75 Å². The lowest BCUT2D eigenvalue weighted by Gasteiger charge is -2.33. The number of carbonyl (C=O) groups is 1. The molecule has 1 fully saturated rings. The number of hydrogen-bond donors (Lipinski definition) is 5. The zero-order valence-corrected chi connectivity index (χ0v) is 32.9. The van der Waals surface area contributed by atoms with Gasteiger partial charge in [-0.1, -0.05) is 34.5 Å². The molecule has 0 spiro atoms. The molecular weight excluding hydrogens is 784 g/mol. The molecule has 1 aliphatic carbocycles. The summed E-state index contributed by atoms with van der Waals surface area (Å²) in [7, 11) is 0. The van der Waals surface area contributed by atoms with Crippen LogP contribution in [0.4, 0.5) is 0 Å². The highest BCUT2D eigenvalue weighted by Gasteiger charge is 2.45. The van der Waals surface area contributed by atoms with Crippen LogP contribution in [-0.4, -0.2) is 78.4 Å². The lowest BCUT2D eigenvalue weighted by molar-refractivity contribution is -0.169. The number of nitrogens with zero attached hydrogens (tertiary/aromatic N) is 4. The minimum atomic E-state index is -1.97. The fourth-order valence-corrected chi connectivity index (χ4v) is 10.3. The Balaban J connectivity index is 0.853. The summed E-state index contributed by atoms with van der Waals surface area (Å²) in [6, 6.07) is 14.9. The number of aryl methyl sites for hydroxylation is 2. The van der Waals surface area contributed by atoms with Crippen molar-refractivity contribution in [3.8, 4) is 5.75 Å². The molecule has 55 heavy (non-hydrogen) atoms. The number of hydrogen-bond acceptors (Lipinski definition) is 12. The van der Waals surface area contributed by atoms with E-state index in [0.29, 0.717) is 54.3 Å². The van der Waals surface area contributed by atoms with E-state index in [1.165, 1.54) is 23.3 Å². The lowest BCUT2D eigenvalue weighted by atomic mass is 9.99. The number of piperidine rings is 1. The molecule has 16 heteroatoms. The van der Waals surface area contributed by atoms with Crippen LogP contribution in [0, 0.1) is 0 Å². The van der Waals surface area contributed by atoms with Crippen molar-refractivity contribution in [2.45, 2.75) is 69.4 Å². The van der Waals surface area contributed by atoms with Crippen molar-refractivity contribution in [2.75, 3.05) is 26.2 Å². The second-order valence-corrected chi connectivity index (χ2v) is 17.6. The second kappa shape index (κ2) is 15.9. The highest BCUT2D eigenvalue weighted by atomic mass is 35.5. The van der Waals surface area contributed by atoms with Gasteiger partial charge in [-0.15, -0.1) is 27.8 Å². The third-order valence-electron chi connectivity index (χ3n) is 10.7. The molecule has 1 atom stereocenters. The number of aliphatic hydroxyl groups excluding tert-OH is 1. The molecule has 0 bridgehead atoms. The van der Waals surface area contributed by atoms with Crippen LogP contribution in [0.15, 0.2) is 59.4 Å². The zero-order valence-electron chi connectivity index (χ0n) is 29.8. The number of fused-ring (bicyclic) bond motifs is 4. The summed E-state index contributed by atoms with van der Waals surface area (Å²) in [6.45, 7) is 3.99. The van der Waals surface area contributed by atoms with Gasteiger partial charge >= 0.3 is 5.97 Å². The Morgan fingerprint density at radius 1 is 1.02 bits per heavy atom. The monoisotopic (exact) mass is 822 g/mol. The van der Waals surface area contributed by atoms with Gasteiger partial charge in [-0.25, -0.2) is 9.48 Å². The van der Waals surface area contributed by atoms with E-state index in [0.717, 1.165) is 91.1 Å².